The van der Waals surface area contributed by atoms with E-state index in [1.165, 1.54) is 12.1 Å². The lowest BCUT2D eigenvalue weighted by Gasteiger charge is -2.35. The quantitative estimate of drug-likeness (QED) is 0.398. The minimum atomic E-state index is -4.42. The Balaban J connectivity index is 0. The van der Waals surface area contributed by atoms with Crippen molar-refractivity contribution < 1.29 is 22.7 Å². The Morgan fingerprint density at radius 2 is 1.55 bits per heavy atom. The van der Waals surface area contributed by atoms with E-state index in [-0.39, 0.29) is 12.4 Å². The molecular weight excluding hydrogens is 403 g/mol. The van der Waals surface area contributed by atoms with E-state index in [0.29, 0.717) is 24.9 Å². The molecule has 0 spiro atoms. The van der Waals surface area contributed by atoms with Crippen molar-refractivity contribution >= 4 is 5.97 Å². The second-order valence-electron chi connectivity index (χ2n) is 8.08. The van der Waals surface area contributed by atoms with Gasteiger partial charge in [-0.1, -0.05) is 65.7 Å². The van der Waals surface area contributed by atoms with Gasteiger partial charge in [0, 0.05) is 5.41 Å². The summed E-state index contributed by atoms with van der Waals surface area (Å²) in [5.74, 6) is -0.382. The molecule has 3 nitrogen and oxygen atoms in total. The largest absolute Gasteiger partial charge is 0.460 e. The van der Waals surface area contributed by atoms with Gasteiger partial charge in [-0.15, -0.1) is 0 Å². The predicted molar refractivity (Wildman–Crippen MR) is 124 cm³/mol. The zero-order valence-corrected chi connectivity index (χ0v) is 21.0. The highest BCUT2D eigenvalue weighted by atomic mass is 19.4. The third-order valence-electron chi connectivity index (χ3n) is 4.57. The van der Waals surface area contributed by atoms with Gasteiger partial charge in [-0.3, -0.25) is 4.79 Å². The standard InChI is InChI=1S/C21H32F3NO2.2C2H6/c1-6-7-11-20(12-13-25-5,15-18(26)27-19(2,3)4)16-9-8-10-17(14-16)21(22,23)24;2*1-2/h8-10,14,25H,6-7,11-13,15H2,1-5H3;2*1-2H3. The Bertz CT molecular complexity index is 600. The molecule has 0 fully saturated rings. The van der Waals surface area contributed by atoms with E-state index in [1.807, 2.05) is 34.6 Å². The normalized spacial score (nSPS) is 13.2. The van der Waals surface area contributed by atoms with E-state index in [0.717, 1.165) is 18.9 Å². The maximum Gasteiger partial charge on any atom is 0.416 e. The highest BCUT2D eigenvalue weighted by molar-refractivity contribution is 5.72. The lowest BCUT2D eigenvalue weighted by molar-refractivity contribution is -0.156. The van der Waals surface area contributed by atoms with Crippen molar-refractivity contribution in [2.24, 2.45) is 0 Å². The van der Waals surface area contributed by atoms with Crippen LogP contribution < -0.4 is 5.32 Å². The fourth-order valence-corrected chi connectivity index (χ4v) is 3.25. The summed E-state index contributed by atoms with van der Waals surface area (Å²) in [6.45, 7) is 16.0. The maximum absolute atomic E-state index is 13.2. The summed E-state index contributed by atoms with van der Waals surface area (Å²) in [5.41, 5.74) is -1.46. The lowest BCUT2D eigenvalue weighted by Crippen LogP contribution is -2.36. The maximum atomic E-state index is 13.2. The molecule has 1 unspecified atom stereocenters. The number of esters is 1. The summed E-state index contributed by atoms with van der Waals surface area (Å²) >= 11 is 0. The van der Waals surface area contributed by atoms with Crippen LogP contribution in [0.15, 0.2) is 24.3 Å². The minimum Gasteiger partial charge on any atom is -0.460 e. The van der Waals surface area contributed by atoms with E-state index >= 15 is 0 Å². The van der Waals surface area contributed by atoms with E-state index in [9.17, 15) is 18.0 Å². The SMILES string of the molecule is CC.CC.CCCCC(CCNC)(CC(=O)OC(C)(C)C)c1cccc(C(F)(F)F)c1. The highest BCUT2D eigenvalue weighted by Crippen LogP contribution is 2.40. The molecule has 0 saturated heterocycles. The van der Waals surface area contributed by atoms with Gasteiger partial charge in [-0.2, -0.15) is 13.2 Å². The third-order valence-corrected chi connectivity index (χ3v) is 4.57. The molecule has 0 aromatic heterocycles. The fourth-order valence-electron chi connectivity index (χ4n) is 3.25. The van der Waals surface area contributed by atoms with Crippen LogP contribution in [0.4, 0.5) is 13.2 Å². The molecule has 1 atom stereocenters. The Morgan fingerprint density at radius 3 is 2.00 bits per heavy atom. The smallest absolute Gasteiger partial charge is 0.416 e. The molecule has 0 saturated carbocycles. The average Bonchev–Trinajstić information content (AvgIpc) is 2.71. The zero-order chi connectivity index (χ0) is 24.7. The number of hydrogen-bond acceptors (Lipinski definition) is 3. The molecular formula is C25H44F3NO2. The lowest BCUT2D eigenvalue weighted by atomic mass is 9.71. The molecule has 1 rings (SSSR count). The van der Waals surface area contributed by atoms with Gasteiger partial charge >= 0.3 is 12.1 Å². The number of ether oxygens (including phenoxy) is 1. The van der Waals surface area contributed by atoms with Crippen molar-refractivity contribution in [3.05, 3.63) is 35.4 Å². The van der Waals surface area contributed by atoms with Crippen molar-refractivity contribution in [1.29, 1.82) is 0 Å². The number of benzene rings is 1. The van der Waals surface area contributed by atoms with Crippen LogP contribution in [0.25, 0.3) is 0 Å². The van der Waals surface area contributed by atoms with Crippen LogP contribution in [0.3, 0.4) is 0 Å². The molecule has 1 N–H and O–H groups in total. The first-order valence-corrected chi connectivity index (χ1v) is 11.5. The molecule has 0 amide bonds. The van der Waals surface area contributed by atoms with E-state index in [4.69, 9.17) is 4.74 Å². The van der Waals surface area contributed by atoms with Crippen LogP contribution in [-0.4, -0.2) is 25.2 Å². The molecule has 31 heavy (non-hydrogen) atoms. The number of alkyl halides is 3. The van der Waals surface area contributed by atoms with E-state index < -0.39 is 22.8 Å². The molecule has 0 aliphatic heterocycles. The first-order chi connectivity index (χ1) is 14.4. The van der Waals surface area contributed by atoms with Gasteiger partial charge in [0.1, 0.15) is 5.60 Å². The monoisotopic (exact) mass is 447 g/mol. The molecule has 1 aromatic carbocycles. The number of nitrogens with one attached hydrogen (secondary N) is 1. The summed E-state index contributed by atoms with van der Waals surface area (Å²) in [6.07, 6.45) is -1.44. The van der Waals surface area contributed by atoms with Gasteiger partial charge in [-0.05, 0) is 58.8 Å². The van der Waals surface area contributed by atoms with Crippen LogP contribution in [0.5, 0.6) is 0 Å². The molecule has 182 valence electrons. The summed E-state index contributed by atoms with van der Waals surface area (Å²) in [5, 5.41) is 3.06. The van der Waals surface area contributed by atoms with Gasteiger partial charge in [0.15, 0.2) is 0 Å². The van der Waals surface area contributed by atoms with Gasteiger partial charge in [0.25, 0.3) is 0 Å². The molecule has 1 aromatic rings. The molecule has 0 bridgehead atoms. The Hall–Kier alpha value is -1.56. The predicted octanol–water partition coefficient (Wildman–Crippen LogP) is 7.53. The van der Waals surface area contributed by atoms with E-state index in [2.05, 4.69) is 5.32 Å². The fraction of sp³-hybridized carbons (Fsp3) is 0.720. The van der Waals surface area contributed by atoms with Crippen molar-refractivity contribution in [3.8, 4) is 0 Å². The summed E-state index contributed by atoms with van der Waals surface area (Å²) in [7, 11) is 1.80. The summed E-state index contributed by atoms with van der Waals surface area (Å²) in [4.78, 5) is 12.6. The average molecular weight is 448 g/mol. The topological polar surface area (TPSA) is 38.3 Å². The molecule has 0 aliphatic carbocycles. The van der Waals surface area contributed by atoms with Crippen LogP contribution in [0.2, 0.25) is 0 Å². The number of halogens is 3. The van der Waals surface area contributed by atoms with Crippen LogP contribution in [-0.2, 0) is 21.1 Å². The second-order valence-corrected chi connectivity index (χ2v) is 8.08. The molecule has 6 heteroatoms. The van der Waals surface area contributed by atoms with Crippen molar-refractivity contribution in [2.45, 2.75) is 105 Å². The van der Waals surface area contributed by atoms with Gasteiger partial charge in [0.05, 0.1) is 12.0 Å². The number of carbonyl (C=O) groups is 1. The van der Waals surface area contributed by atoms with Crippen LogP contribution in [0, 0.1) is 0 Å². The van der Waals surface area contributed by atoms with Crippen molar-refractivity contribution in [3.63, 3.8) is 0 Å². The Kier molecular flexibility index (Phi) is 15.6. The molecule has 0 aliphatic rings. The second kappa shape index (κ2) is 15.3. The number of carbonyl (C=O) groups excluding carboxylic acids is 1. The Labute approximate surface area is 188 Å². The minimum absolute atomic E-state index is 0.0628. The first kappa shape index (κ1) is 31.6. The van der Waals surface area contributed by atoms with Gasteiger partial charge in [0.2, 0.25) is 0 Å². The Morgan fingerprint density at radius 1 is 1.00 bits per heavy atom. The molecule has 0 heterocycles. The van der Waals surface area contributed by atoms with Gasteiger partial charge in [-0.25, -0.2) is 0 Å². The summed E-state index contributed by atoms with van der Waals surface area (Å²) < 4.78 is 45.2. The summed E-state index contributed by atoms with van der Waals surface area (Å²) in [6, 6.07) is 5.38. The third kappa shape index (κ3) is 12.2. The number of hydrogen-bond donors (Lipinski definition) is 1. The van der Waals surface area contributed by atoms with E-state index in [1.54, 1.807) is 33.9 Å². The number of unbranched alkanes of at least 4 members (excludes halogenated alkanes) is 1. The molecule has 0 radical (unpaired) electrons. The van der Waals surface area contributed by atoms with Crippen molar-refractivity contribution in [1.82, 2.24) is 5.32 Å². The van der Waals surface area contributed by atoms with Gasteiger partial charge < -0.3 is 10.1 Å². The van der Waals surface area contributed by atoms with Crippen LogP contribution in [0.1, 0.15) is 98.6 Å². The van der Waals surface area contributed by atoms with Crippen molar-refractivity contribution in [2.75, 3.05) is 13.6 Å². The highest BCUT2D eigenvalue weighted by Gasteiger charge is 2.38. The zero-order valence-electron chi connectivity index (χ0n) is 21.0. The number of rotatable bonds is 9. The van der Waals surface area contributed by atoms with Crippen LogP contribution >= 0.6 is 0 Å². The first-order valence-electron chi connectivity index (χ1n) is 11.5.